The van der Waals surface area contributed by atoms with E-state index in [0.717, 1.165) is 28.4 Å². The maximum absolute atomic E-state index is 11.3. The molecule has 2 aromatic rings. The van der Waals surface area contributed by atoms with Gasteiger partial charge in [-0.3, -0.25) is 0 Å². The summed E-state index contributed by atoms with van der Waals surface area (Å²) in [5, 5.41) is 10.1. The van der Waals surface area contributed by atoms with Crippen molar-refractivity contribution in [1.82, 2.24) is 10.2 Å². The van der Waals surface area contributed by atoms with Gasteiger partial charge in [-0.2, -0.15) is 0 Å². The molecule has 0 saturated carbocycles. The van der Waals surface area contributed by atoms with Crippen molar-refractivity contribution in [2.45, 2.75) is 24.7 Å². The van der Waals surface area contributed by atoms with Gasteiger partial charge in [-0.25, -0.2) is 8.42 Å². The van der Waals surface area contributed by atoms with Gasteiger partial charge in [-0.05, 0) is 18.6 Å². The Morgan fingerprint density at radius 3 is 2.39 bits per heavy atom. The van der Waals surface area contributed by atoms with Gasteiger partial charge >= 0.3 is 0 Å². The van der Waals surface area contributed by atoms with Crippen LogP contribution in [0.1, 0.15) is 18.4 Å². The normalized spacial score (nSPS) is 11.7. The quantitative estimate of drug-likeness (QED) is 0.864. The van der Waals surface area contributed by atoms with Crippen LogP contribution in [-0.4, -0.2) is 24.9 Å². The fourth-order valence-electron chi connectivity index (χ4n) is 1.53. The summed E-state index contributed by atoms with van der Waals surface area (Å²) < 4.78 is 22.7. The van der Waals surface area contributed by atoms with E-state index in [1.54, 1.807) is 35.6 Å². The highest BCUT2D eigenvalue weighted by atomic mass is 32.2. The average Bonchev–Trinajstić information content (AvgIpc) is 2.77. The van der Waals surface area contributed by atoms with Crippen molar-refractivity contribution >= 4 is 21.2 Å². The zero-order valence-corrected chi connectivity index (χ0v) is 11.9. The minimum Gasteiger partial charge on any atom is -0.224 e. The van der Waals surface area contributed by atoms with Gasteiger partial charge < -0.3 is 0 Å². The molecule has 0 amide bonds. The van der Waals surface area contributed by atoms with Crippen LogP contribution in [0.3, 0.4) is 0 Å². The second kappa shape index (κ2) is 5.16. The van der Waals surface area contributed by atoms with Crippen LogP contribution in [0, 0.1) is 0 Å². The van der Waals surface area contributed by atoms with E-state index in [9.17, 15) is 8.42 Å². The van der Waals surface area contributed by atoms with E-state index in [-0.39, 0.29) is 0 Å². The van der Waals surface area contributed by atoms with Gasteiger partial charge in [0.25, 0.3) is 0 Å². The summed E-state index contributed by atoms with van der Waals surface area (Å²) in [5.74, 6) is 0. The molecule has 0 radical (unpaired) electrons. The molecular weight excluding hydrogens is 268 g/mol. The first-order valence-electron chi connectivity index (χ1n) is 5.63. The van der Waals surface area contributed by atoms with Crippen LogP contribution in [-0.2, 0) is 16.3 Å². The molecule has 6 heteroatoms. The molecule has 0 spiro atoms. The van der Waals surface area contributed by atoms with E-state index in [1.165, 1.54) is 6.26 Å². The molecule has 1 aromatic heterocycles. The van der Waals surface area contributed by atoms with Crippen LogP contribution in [0.25, 0.3) is 10.6 Å². The molecule has 4 nitrogen and oxygen atoms in total. The van der Waals surface area contributed by atoms with Gasteiger partial charge in [0, 0.05) is 18.2 Å². The van der Waals surface area contributed by atoms with Crippen molar-refractivity contribution in [3.63, 3.8) is 0 Å². The molecule has 18 heavy (non-hydrogen) atoms. The lowest BCUT2D eigenvalue weighted by Gasteiger charge is -1.99. The number of benzene rings is 1. The Kier molecular flexibility index (Phi) is 3.77. The van der Waals surface area contributed by atoms with Gasteiger partial charge in [0.1, 0.15) is 10.0 Å². The van der Waals surface area contributed by atoms with E-state index in [1.807, 2.05) is 0 Å². The Morgan fingerprint density at radius 1 is 1.17 bits per heavy atom. The lowest BCUT2D eigenvalue weighted by Crippen LogP contribution is -1.96. The van der Waals surface area contributed by atoms with Crippen LogP contribution in [0.15, 0.2) is 29.2 Å². The predicted octanol–water partition coefficient (Wildman–Crippen LogP) is 2.56. The summed E-state index contributed by atoms with van der Waals surface area (Å²) >= 11 is 1.55. The van der Waals surface area contributed by atoms with Crippen molar-refractivity contribution in [2.24, 2.45) is 0 Å². The molecule has 2 rings (SSSR count). The van der Waals surface area contributed by atoms with Gasteiger partial charge in [0.05, 0.1) is 4.90 Å². The highest BCUT2D eigenvalue weighted by Gasteiger charge is 2.09. The second-order valence-corrected chi connectivity index (χ2v) is 7.13. The number of hydrogen-bond acceptors (Lipinski definition) is 5. The van der Waals surface area contributed by atoms with E-state index in [4.69, 9.17) is 0 Å². The van der Waals surface area contributed by atoms with Gasteiger partial charge in [0.15, 0.2) is 9.84 Å². The summed E-state index contributed by atoms with van der Waals surface area (Å²) in [6, 6.07) is 6.75. The van der Waals surface area contributed by atoms with Crippen LogP contribution in [0.2, 0.25) is 0 Å². The molecule has 0 fully saturated rings. The maximum atomic E-state index is 11.3. The number of sulfone groups is 1. The third-order valence-electron chi connectivity index (χ3n) is 2.46. The van der Waals surface area contributed by atoms with Gasteiger partial charge in [-0.1, -0.05) is 30.4 Å². The minimum atomic E-state index is -3.14. The van der Waals surface area contributed by atoms with E-state index >= 15 is 0 Å². The Hall–Kier alpha value is -1.27. The first-order valence-corrected chi connectivity index (χ1v) is 8.34. The van der Waals surface area contributed by atoms with Crippen LogP contribution in [0.4, 0.5) is 0 Å². The number of aromatic nitrogens is 2. The summed E-state index contributed by atoms with van der Waals surface area (Å²) in [5.41, 5.74) is 0.905. The van der Waals surface area contributed by atoms with Crippen molar-refractivity contribution < 1.29 is 8.42 Å². The van der Waals surface area contributed by atoms with Crippen LogP contribution in [0.5, 0.6) is 0 Å². The van der Waals surface area contributed by atoms with Crippen LogP contribution < -0.4 is 0 Å². The zero-order chi connectivity index (χ0) is 13.2. The smallest absolute Gasteiger partial charge is 0.175 e. The number of aryl methyl sites for hydroxylation is 1. The highest BCUT2D eigenvalue weighted by Crippen LogP contribution is 2.25. The van der Waals surface area contributed by atoms with E-state index < -0.39 is 9.84 Å². The SMILES string of the molecule is CCCc1nnc(-c2ccc(S(C)(=O)=O)cc2)s1. The fraction of sp³-hybridized carbons (Fsp3) is 0.333. The monoisotopic (exact) mass is 282 g/mol. The Bertz CT molecular complexity index is 630. The zero-order valence-electron chi connectivity index (χ0n) is 10.3. The number of nitrogens with zero attached hydrogens (tertiary/aromatic N) is 2. The molecule has 96 valence electrons. The molecule has 0 unspecified atom stereocenters. The van der Waals surface area contributed by atoms with Gasteiger partial charge in [-0.15, -0.1) is 10.2 Å². The number of hydrogen-bond donors (Lipinski definition) is 0. The van der Waals surface area contributed by atoms with Crippen molar-refractivity contribution in [1.29, 1.82) is 0 Å². The van der Waals surface area contributed by atoms with E-state index in [2.05, 4.69) is 17.1 Å². The largest absolute Gasteiger partial charge is 0.224 e. The molecule has 0 aliphatic rings. The first kappa shape index (κ1) is 13.2. The predicted molar refractivity (Wildman–Crippen MR) is 72.4 cm³/mol. The molecule has 1 aromatic carbocycles. The summed E-state index contributed by atoms with van der Waals surface area (Å²) in [7, 11) is -3.14. The van der Waals surface area contributed by atoms with E-state index in [0.29, 0.717) is 4.90 Å². The molecule has 0 aliphatic heterocycles. The minimum absolute atomic E-state index is 0.324. The average molecular weight is 282 g/mol. The second-order valence-electron chi connectivity index (χ2n) is 4.05. The van der Waals surface area contributed by atoms with Crippen molar-refractivity contribution in [3.05, 3.63) is 29.3 Å². The summed E-state index contributed by atoms with van der Waals surface area (Å²) in [6.45, 7) is 2.10. The molecule has 0 aliphatic carbocycles. The topological polar surface area (TPSA) is 59.9 Å². The third-order valence-corrected chi connectivity index (χ3v) is 4.62. The lowest BCUT2D eigenvalue weighted by molar-refractivity contribution is 0.602. The van der Waals surface area contributed by atoms with Crippen LogP contribution >= 0.6 is 11.3 Å². The Labute approximate surface area is 111 Å². The lowest BCUT2D eigenvalue weighted by atomic mass is 10.2. The van der Waals surface area contributed by atoms with Gasteiger partial charge in [0.2, 0.25) is 0 Å². The Morgan fingerprint density at radius 2 is 1.83 bits per heavy atom. The third kappa shape index (κ3) is 2.94. The summed E-state index contributed by atoms with van der Waals surface area (Å²) in [6.07, 6.45) is 3.17. The summed E-state index contributed by atoms with van der Waals surface area (Å²) in [4.78, 5) is 0.324. The molecule has 0 N–H and O–H groups in total. The maximum Gasteiger partial charge on any atom is 0.175 e. The molecule has 0 bridgehead atoms. The number of rotatable bonds is 4. The molecule has 0 saturated heterocycles. The standard InChI is InChI=1S/C12H14N2O2S2/c1-3-4-11-13-14-12(17-11)9-5-7-10(8-6-9)18(2,15)16/h5-8H,3-4H2,1-2H3. The molecular formula is C12H14N2O2S2. The molecule has 0 atom stereocenters. The first-order chi connectivity index (χ1) is 8.50. The highest BCUT2D eigenvalue weighted by molar-refractivity contribution is 7.90. The Balaban J connectivity index is 2.28. The van der Waals surface area contributed by atoms with Crippen molar-refractivity contribution in [2.75, 3.05) is 6.26 Å². The fourth-order valence-corrected chi connectivity index (χ4v) is 3.11. The molecule has 1 heterocycles. The van der Waals surface area contributed by atoms with Crippen molar-refractivity contribution in [3.8, 4) is 10.6 Å².